The van der Waals surface area contributed by atoms with Crippen LogP contribution in [0.2, 0.25) is 0 Å². The molecule has 220 valence electrons. The molecular formula is C30H31F3N6O3. The fourth-order valence-electron chi connectivity index (χ4n) is 5.52. The maximum atomic E-state index is 13.1. The summed E-state index contributed by atoms with van der Waals surface area (Å²) in [6.07, 6.45) is 2.58. The van der Waals surface area contributed by atoms with Crippen molar-refractivity contribution >= 4 is 39.6 Å². The number of pyridine rings is 1. The molecule has 3 N–H and O–H groups in total. The summed E-state index contributed by atoms with van der Waals surface area (Å²) in [5.41, 5.74) is 9.64. The third-order valence-electron chi connectivity index (χ3n) is 7.83. The molecule has 1 fully saturated rings. The van der Waals surface area contributed by atoms with Crippen LogP contribution in [0.5, 0.6) is 0 Å². The number of amides is 1. The Kier molecular flexibility index (Phi) is 8.17. The van der Waals surface area contributed by atoms with Gasteiger partial charge >= 0.3 is 6.18 Å². The van der Waals surface area contributed by atoms with Crippen LogP contribution in [0.4, 0.5) is 35.9 Å². The number of nitrogens with one attached hydrogen (secondary N) is 1. The van der Waals surface area contributed by atoms with E-state index in [1.54, 1.807) is 17.0 Å². The highest BCUT2D eigenvalue weighted by Crippen LogP contribution is 2.37. The van der Waals surface area contributed by atoms with Gasteiger partial charge in [0.2, 0.25) is 0 Å². The van der Waals surface area contributed by atoms with Crippen molar-refractivity contribution in [2.45, 2.75) is 31.9 Å². The van der Waals surface area contributed by atoms with Gasteiger partial charge in [-0.2, -0.15) is 13.2 Å². The third-order valence-corrected chi connectivity index (χ3v) is 7.83. The Balaban J connectivity index is 1.22. The number of nitrogens with two attached hydrogens (primary N) is 1. The van der Waals surface area contributed by atoms with Crippen molar-refractivity contribution in [2.75, 3.05) is 48.7 Å². The van der Waals surface area contributed by atoms with E-state index in [1.165, 1.54) is 6.08 Å². The number of nitrogens with zero attached hydrogens (tertiary/aromatic N) is 4. The fraction of sp³-hybridized carbons (Fsp3) is 0.333. The van der Waals surface area contributed by atoms with Gasteiger partial charge in [0.05, 0.1) is 16.0 Å². The molecule has 2 aromatic carbocycles. The number of aromatic nitrogens is 1. The molecule has 1 aliphatic carbocycles. The molecule has 1 amide bonds. The molecule has 12 heteroatoms. The smallest absolute Gasteiger partial charge is 0.398 e. The number of halogens is 3. The Morgan fingerprint density at radius 1 is 1.12 bits per heavy atom. The molecular weight excluding hydrogens is 549 g/mol. The van der Waals surface area contributed by atoms with E-state index >= 15 is 0 Å². The molecule has 9 nitrogen and oxygen atoms in total. The first-order valence-corrected chi connectivity index (χ1v) is 13.7. The summed E-state index contributed by atoms with van der Waals surface area (Å²) in [6.45, 7) is 5.97. The highest BCUT2D eigenvalue weighted by atomic mass is 19.4. The van der Waals surface area contributed by atoms with Crippen molar-refractivity contribution in [1.82, 2.24) is 9.88 Å². The average Bonchev–Trinajstić information content (AvgIpc) is 2.97. The minimum absolute atomic E-state index is 0.154. The number of anilines is 3. The lowest BCUT2D eigenvalue weighted by Crippen LogP contribution is -2.46. The van der Waals surface area contributed by atoms with Gasteiger partial charge in [-0.15, -0.1) is 0 Å². The Labute approximate surface area is 240 Å². The van der Waals surface area contributed by atoms with E-state index in [2.05, 4.69) is 16.8 Å². The van der Waals surface area contributed by atoms with E-state index in [-0.39, 0.29) is 11.6 Å². The number of carbonyl (C=O) groups is 1. The number of hydrogen-bond acceptors (Lipinski definition) is 7. The number of rotatable bonds is 7. The summed E-state index contributed by atoms with van der Waals surface area (Å²) in [7, 11) is 0. The SMILES string of the molecule is C=CC(=CCN1CCN(c2ccc(C(F)(F)F)cc2[N+](=O)[O-])CC1)C(=O)Nc1ccc2nc3c(c(N)c2c1)CCCC3. The van der Waals surface area contributed by atoms with Gasteiger partial charge in [-0.1, -0.05) is 18.7 Å². The van der Waals surface area contributed by atoms with Crippen LogP contribution in [-0.4, -0.2) is 53.4 Å². The van der Waals surface area contributed by atoms with Gasteiger partial charge in [0, 0.05) is 66.8 Å². The normalized spacial score (nSPS) is 16.3. The molecule has 0 atom stereocenters. The zero-order chi connectivity index (χ0) is 30.0. The van der Waals surface area contributed by atoms with E-state index in [9.17, 15) is 28.1 Å². The number of aryl methyl sites for hydroxylation is 1. The van der Waals surface area contributed by atoms with Crippen LogP contribution < -0.4 is 16.0 Å². The van der Waals surface area contributed by atoms with Gasteiger partial charge in [0.1, 0.15) is 5.69 Å². The molecule has 5 rings (SSSR count). The van der Waals surface area contributed by atoms with Gasteiger partial charge in [0.15, 0.2) is 0 Å². The number of piperazine rings is 1. The zero-order valence-electron chi connectivity index (χ0n) is 22.9. The topological polar surface area (TPSA) is 118 Å². The fourth-order valence-corrected chi connectivity index (χ4v) is 5.52. The van der Waals surface area contributed by atoms with Crippen LogP contribution in [0.15, 0.2) is 60.7 Å². The van der Waals surface area contributed by atoms with E-state index in [1.807, 2.05) is 12.1 Å². The summed E-state index contributed by atoms with van der Waals surface area (Å²) in [6, 6.07) is 8.08. The molecule has 1 aromatic heterocycles. The minimum atomic E-state index is -4.66. The second-order valence-electron chi connectivity index (χ2n) is 10.5. The molecule has 3 aromatic rings. The Morgan fingerprint density at radius 3 is 2.55 bits per heavy atom. The van der Waals surface area contributed by atoms with E-state index in [0.29, 0.717) is 55.7 Å². The molecule has 2 heterocycles. The molecule has 42 heavy (non-hydrogen) atoms. The second-order valence-corrected chi connectivity index (χ2v) is 10.5. The Hall–Kier alpha value is -4.45. The first-order valence-electron chi connectivity index (χ1n) is 13.7. The number of carbonyl (C=O) groups excluding carboxylic acids is 1. The second kappa shape index (κ2) is 11.8. The number of fused-ring (bicyclic) bond motifs is 2. The van der Waals surface area contributed by atoms with Gasteiger partial charge in [0.25, 0.3) is 11.6 Å². The molecule has 0 spiro atoms. The van der Waals surface area contributed by atoms with Crippen molar-refractivity contribution < 1.29 is 22.9 Å². The maximum absolute atomic E-state index is 13.1. The number of nitrogen functional groups attached to an aromatic ring is 1. The van der Waals surface area contributed by atoms with E-state index in [0.717, 1.165) is 60.0 Å². The molecule has 0 unspecified atom stereocenters. The lowest BCUT2D eigenvalue weighted by molar-refractivity contribution is -0.384. The minimum Gasteiger partial charge on any atom is -0.398 e. The predicted octanol–water partition coefficient (Wildman–Crippen LogP) is 5.50. The quantitative estimate of drug-likeness (QED) is 0.164. The third kappa shape index (κ3) is 6.08. The molecule has 0 bridgehead atoms. The summed E-state index contributed by atoms with van der Waals surface area (Å²) in [4.78, 5) is 32.3. The summed E-state index contributed by atoms with van der Waals surface area (Å²) < 4.78 is 39.2. The van der Waals surface area contributed by atoms with Crippen molar-refractivity contribution in [3.8, 4) is 0 Å². The summed E-state index contributed by atoms with van der Waals surface area (Å²) in [5, 5.41) is 15.2. The molecule has 0 radical (unpaired) electrons. The lowest BCUT2D eigenvalue weighted by atomic mass is 9.93. The maximum Gasteiger partial charge on any atom is 0.416 e. The number of hydrogen-bond donors (Lipinski definition) is 2. The van der Waals surface area contributed by atoms with Crippen LogP contribution in [-0.2, 0) is 23.8 Å². The lowest BCUT2D eigenvalue weighted by Gasteiger charge is -2.35. The van der Waals surface area contributed by atoms with E-state index < -0.39 is 22.4 Å². The summed E-state index contributed by atoms with van der Waals surface area (Å²) >= 11 is 0. The first-order chi connectivity index (χ1) is 20.0. The van der Waals surface area contributed by atoms with Crippen LogP contribution in [0.25, 0.3) is 10.9 Å². The van der Waals surface area contributed by atoms with Crippen LogP contribution >= 0.6 is 0 Å². The number of alkyl halides is 3. The number of benzene rings is 2. The van der Waals surface area contributed by atoms with Crippen molar-refractivity contribution in [1.29, 1.82) is 0 Å². The highest BCUT2D eigenvalue weighted by molar-refractivity contribution is 6.07. The van der Waals surface area contributed by atoms with Crippen molar-refractivity contribution in [3.05, 3.63) is 87.6 Å². The highest BCUT2D eigenvalue weighted by Gasteiger charge is 2.34. The zero-order valence-corrected chi connectivity index (χ0v) is 22.9. The molecule has 1 saturated heterocycles. The average molecular weight is 581 g/mol. The standard InChI is InChI=1S/C30H31F3N6O3/c1-2-19(29(40)35-21-8-9-25-23(18-21)28(34)22-5-3-4-6-24(22)36-25)11-12-37-13-15-38(16-14-37)26-10-7-20(30(31,32)33)17-27(26)39(41)42/h2,7-11,17-18H,1,3-6,12-16H2,(H2,34,36)(H,35,40). The van der Waals surface area contributed by atoms with Gasteiger partial charge in [-0.3, -0.25) is 24.8 Å². The summed E-state index contributed by atoms with van der Waals surface area (Å²) in [5.74, 6) is -0.326. The first kappa shape index (κ1) is 29.1. The molecule has 1 aliphatic heterocycles. The van der Waals surface area contributed by atoms with Crippen LogP contribution in [0, 0.1) is 10.1 Å². The van der Waals surface area contributed by atoms with Crippen molar-refractivity contribution in [3.63, 3.8) is 0 Å². The largest absolute Gasteiger partial charge is 0.416 e. The van der Waals surface area contributed by atoms with Crippen molar-refractivity contribution in [2.24, 2.45) is 0 Å². The Morgan fingerprint density at radius 2 is 1.86 bits per heavy atom. The molecule has 2 aliphatic rings. The van der Waals surface area contributed by atoms with E-state index in [4.69, 9.17) is 10.7 Å². The van der Waals surface area contributed by atoms with Crippen LogP contribution in [0.3, 0.4) is 0 Å². The number of nitro groups is 1. The van der Waals surface area contributed by atoms with Gasteiger partial charge < -0.3 is 16.0 Å². The monoisotopic (exact) mass is 580 g/mol. The van der Waals surface area contributed by atoms with Crippen LogP contribution in [0.1, 0.15) is 29.7 Å². The number of nitro benzene ring substituents is 1. The molecule has 0 saturated carbocycles. The van der Waals surface area contributed by atoms with Gasteiger partial charge in [-0.25, -0.2) is 0 Å². The Bertz CT molecular complexity index is 1580. The van der Waals surface area contributed by atoms with Gasteiger partial charge in [-0.05, 0) is 61.6 Å². The predicted molar refractivity (Wildman–Crippen MR) is 156 cm³/mol.